The number of nitrogens with zero attached hydrogens (tertiary/aromatic N) is 2. The summed E-state index contributed by atoms with van der Waals surface area (Å²) < 4.78 is 10.5. The number of nitriles is 1. The standard InChI is InChI=1S/C13H15N3O3/c14-7-12-8-16(4-5-18-12)13(17)9-19-11-3-1-2-10(15)6-11/h1-3,6,12H,4-5,8-9,15H2. The fourth-order valence-electron chi connectivity index (χ4n) is 1.79. The van der Waals surface area contributed by atoms with Crippen LogP contribution in [-0.2, 0) is 9.53 Å². The third-order valence-electron chi connectivity index (χ3n) is 2.78. The third-order valence-corrected chi connectivity index (χ3v) is 2.78. The normalized spacial score (nSPS) is 18.7. The molecule has 2 N–H and O–H groups in total. The van der Waals surface area contributed by atoms with Crippen LogP contribution in [0.3, 0.4) is 0 Å². The summed E-state index contributed by atoms with van der Waals surface area (Å²) in [5.41, 5.74) is 6.20. The number of ether oxygens (including phenoxy) is 2. The van der Waals surface area contributed by atoms with Crippen molar-refractivity contribution in [3.63, 3.8) is 0 Å². The zero-order valence-corrected chi connectivity index (χ0v) is 10.4. The van der Waals surface area contributed by atoms with Gasteiger partial charge in [0.25, 0.3) is 5.91 Å². The summed E-state index contributed by atoms with van der Waals surface area (Å²) in [7, 11) is 0. The molecule has 1 aromatic rings. The Bertz CT molecular complexity index is 498. The van der Waals surface area contributed by atoms with Gasteiger partial charge in [0.2, 0.25) is 0 Å². The average Bonchev–Trinajstić information content (AvgIpc) is 2.45. The summed E-state index contributed by atoms with van der Waals surface area (Å²) in [6.45, 7) is 1.08. The van der Waals surface area contributed by atoms with Crippen LogP contribution in [-0.4, -0.2) is 43.2 Å². The summed E-state index contributed by atoms with van der Waals surface area (Å²) in [4.78, 5) is 13.5. The molecule has 0 spiro atoms. The van der Waals surface area contributed by atoms with Crippen LogP contribution in [0.4, 0.5) is 5.69 Å². The number of amides is 1. The van der Waals surface area contributed by atoms with Crippen LogP contribution >= 0.6 is 0 Å². The van der Waals surface area contributed by atoms with Gasteiger partial charge in [-0.15, -0.1) is 0 Å². The Labute approximate surface area is 111 Å². The number of carbonyl (C=O) groups excluding carboxylic acids is 1. The average molecular weight is 261 g/mol. The monoisotopic (exact) mass is 261 g/mol. The lowest BCUT2D eigenvalue weighted by Gasteiger charge is -2.29. The number of carbonyl (C=O) groups is 1. The SMILES string of the molecule is N#CC1CN(C(=O)COc2cccc(N)c2)CCO1. The first-order valence-corrected chi connectivity index (χ1v) is 5.96. The highest BCUT2D eigenvalue weighted by molar-refractivity contribution is 5.78. The minimum atomic E-state index is -0.551. The molecule has 0 aliphatic carbocycles. The molecule has 0 bridgehead atoms. The Morgan fingerprint density at radius 2 is 2.47 bits per heavy atom. The molecule has 1 saturated heterocycles. The molecule has 0 saturated carbocycles. The molecule has 100 valence electrons. The van der Waals surface area contributed by atoms with E-state index in [1.54, 1.807) is 29.2 Å². The molecule has 6 heteroatoms. The first kappa shape index (κ1) is 13.2. The molecule has 1 aliphatic rings. The lowest BCUT2D eigenvalue weighted by atomic mass is 10.3. The number of benzene rings is 1. The van der Waals surface area contributed by atoms with Crippen molar-refractivity contribution >= 4 is 11.6 Å². The molecule has 1 atom stereocenters. The Balaban J connectivity index is 1.86. The maximum absolute atomic E-state index is 11.9. The van der Waals surface area contributed by atoms with E-state index in [0.29, 0.717) is 24.6 Å². The van der Waals surface area contributed by atoms with Gasteiger partial charge in [0, 0.05) is 18.3 Å². The van der Waals surface area contributed by atoms with Gasteiger partial charge in [0.05, 0.1) is 19.2 Å². The van der Waals surface area contributed by atoms with E-state index >= 15 is 0 Å². The van der Waals surface area contributed by atoms with Crippen molar-refractivity contribution in [3.05, 3.63) is 24.3 Å². The van der Waals surface area contributed by atoms with Crippen LogP contribution in [0.15, 0.2) is 24.3 Å². The molecular formula is C13H15N3O3. The number of nitrogens with two attached hydrogens (primary N) is 1. The van der Waals surface area contributed by atoms with Crippen molar-refractivity contribution in [1.29, 1.82) is 5.26 Å². The molecule has 2 rings (SSSR count). The smallest absolute Gasteiger partial charge is 0.260 e. The van der Waals surface area contributed by atoms with Crippen LogP contribution in [0.5, 0.6) is 5.75 Å². The molecule has 19 heavy (non-hydrogen) atoms. The zero-order valence-electron chi connectivity index (χ0n) is 10.4. The lowest BCUT2D eigenvalue weighted by Crippen LogP contribution is -2.46. The van der Waals surface area contributed by atoms with Crippen molar-refractivity contribution in [1.82, 2.24) is 4.90 Å². The van der Waals surface area contributed by atoms with Crippen LogP contribution in [0.1, 0.15) is 0 Å². The molecule has 1 amide bonds. The predicted molar refractivity (Wildman–Crippen MR) is 68.3 cm³/mol. The molecule has 1 heterocycles. The first-order chi connectivity index (χ1) is 9.19. The zero-order chi connectivity index (χ0) is 13.7. The van der Waals surface area contributed by atoms with Crippen molar-refractivity contribution in [3.8, 4) is 11.8 Å². The van der Waals surface area contributed by atoms with E-state index < -0.39 is 6.10 Å². The molecule has 1 aliphatic heterocycles. The Morgan fingerprint density at radius 3 is 3.21 bits per heavy atom. The largest absolute Gasteiger partial charge is 0.484 e. The van der Waals surface area contributed by atoms with Crippen molar-refractivity contribution in [2.45, 2.75) is 6.10 Å². The molecular weight excluding hydrogens is 246 g/mol. The third kappa shape index (κ3) is 3.60. The van der Waals surface area contributed by atoms with Gasteiger partial charge in [-0.1, -0.05) is 6.07 Å². The minimum absolute atomic E-state index is 0.0679. The summed E-state index contributed by atoms with van der Waals surface area (Å²) in [6.07, 6.45) is -0.551. The molecule has 0 aromatic heterocycles. The summed E-state index contributed by atoms with van der Waals surface area (Å²) >= 11 is 0. The van der Waals surface area contributed by atoms with E-state index in [1.807, 2.05) is 6.07 Å². The lowest BCUT2D eigenvalue weighted by molar-refractivity contribution is -0.139. The predicted octanol–water partition coefficient (Wildman–Crippen LogP) is 0.399. The van der Waals surface area contributed by atoms with E-state index in [9.17, 15) is 4.79 Å². The van der Waals surface area contributed by atoms with Gasteiger partial charge in [0.15, 0.2) is 12.7 Å². The molecule has 6 nitrogen and oxygen atoms in total. The maximum Gasteiger partial charge on any atom is 0.260 e. The van der Waals surface area contributed by atoms with Crippen molar-refractivity contribution < 1.29 is 14.3 Å². The quantitative estimate of drug-likeness (QED) is 0.795. The number of morpholine rings is 1. The number of anilines is 1. The van der Waals surface area contributed by atoms with Gasteiger partial charge >= 0.3 is 0 Å². The molecule has 1 unspecified atom stereocenters. The van der Waals surface area contributed by atoms with Crippen LogP contribution in [0.2, 0.25) is 0 Å². The summed E-state index contributed by atoms with van der Waals surface area (Å²) in [5, 5.41) is 8.77. The second-order valence-corrected chi connectivity index (χ2v) is 4.19. The summed E-state index contributed by atoms with van der Waals surface area (Å²) in [5.74, 6) is 0.393. The van der Waals surface area contributed by atoms with Crippen LogP contribution in [0, 0.1) is 11.3 Å². The minimum Gasteiger partial charge on any atom is -0.484 e. The van der Waals surface area contributed by atoms with Gasteiger partial charge in [-0.05, 0) is 12.1 Å². The Morgan fingerprint density at radius 1 is 1.63 bits per heavy atom. The number of nitrogen functional groups attached to an aromatic ring is 1. The highest BCUT2D eigenvalue weighted by Crippen LogP contribution is 2.14. The molecule has 0 radical (unpaired) electrons. The highest BCUT2D eigenvalue weighted by atomic mass is 16.5. The maximum atomic E-state index is 11.9. The van der Waals surface area contributed by atoms with Crippen molar-refractivity contribution in [2.24, 2.45) is 0 Å². The van der Waals surface area contributed by atoms with Gasteiger partial charge in [0.1, 0.15) is 5.75 Å². The fourth-order valence-corrected chi connectivity index (χ4v) is 1.79. The Kier molecular flexibility index (Phi) is 4.21. The Hall–Kier alpha value is -2.26. The van der Waals surface area contributed by atoms with Crippen molar-refractivity contribution in [2.75, 3.05) is 32.0 Å². The molecule has 1 fully saturated rings. The van der Waals surface area contributed by atoms with Gasteiger partial charge < -0.3 is 20.1 Å². The first-order valence-electron chi connectivity index (χ1n) is 5.96. The van der Waals surface area contributed by atoms with E-state index in [0.717, 1.165) is 0 Å². The number of rotatable bonds is 3. The topological polar surface area (TPSA) is 88.6 Å². The number of hydrogen-bond acceptors (Lipinski definition) is 5. The van der Waals surface area contributed by atoms with Crippen LogP contribution in [0.25, 0.3) is 0 Å². The highest BCUT2D eigenvalue weighted by Gasteiger charge is 2.24. The van der Waals surface area contributed by atoms with Gasteiger partial charge in [-0.2, -0.15) is 5.26 Å². The van der Waals surface area contributed by atoms with Crippen LogP contribution < -0.4 is 10.5 Å². The van der Waals surface area contributed by atoms with E-state index in [4.69, 9.17) is 20.5 Å². The van der Waals surface area contributed by atoms with E-state index in [2.05, 4.69) is 0 Å². The fraction of sp³-hybridized carbons (Fsp3) is 0.385. The van der Waals surface area contributed by atoms with Gasteiger partial charge in [-0.25, -0.2) is 0 Å². The summed E-state index contributed by atoms with van der Waals surface area (Å²) in [6, 6.07) is 8.89. The van der Waals surface area contributed by atoms with E-state index in [-0.39, 0.29) is 19.1 Å². The van der Waals surface area contributed by atoms with Gasteiger partial charge in [-0.3, -0.25) is 4.79 Å². The number of hydrogen-bond donors (Lipinski definition) is 1. The second kappa shape index (κ2) is 6.07. The second-order valence-electron chi connectivity index (χ2n) is 4.19. The van der Waals surface area contributed by atoms with E-state index in [1.165, 1.54) is 0 Å². The molecule has 1 aromatic carbocycles.